The molecule has 18 heavy (non-hydrogen) atoms. The van der Waals surface area contributed by atoms with Crippen molar-refractivity contribution in [1.29, 1.82) is 0 Å². The lowest BCUT2D eigenvalue weighted by molar-refractivity contribution is 0.659. The van der Waals surface area contributed by atoms with Gasteiger partial charge in [0.25, 0.3) is 0 Å². The predicted octanol–water partition coefficient (Wildman–Crippen LogP) is 3.69. The maximum absolute atomic E-state index is 6.40. The summed E-state index contributed by atoms with van der Waals surface area (Å²) in [4.78, 5) is 2.40. The van der Waals surface area contributed by atoms with Crippen molar-refractivity contribution in [3.05, 3.63) is 28.8 Å². The van der Waals surface area contributed by atoms with Crippen LogP contribution in [0.4, 0.5) is 5.69 Å². The summed E-state index contributed by atoms with van der Waals surface area (Å²) < 4.78 is 0. The minimum atomic E-state index is 0.784. The summed E-state index contributed by atoms with van der Waals surface area (Å²) in [6, 6.07) is 6.46. The van der Waals surface area contributed by atoms with Gasteiger partial charge >= 0.3 is 0 Å². The molecule has 2 nitrogen and oxygen atoms in total. The Morgan fingerprint density at radius 3 is 2.89 bits per heavy atom. The minimum Gasteiger partial charge on any atom is -0.370 e. The predicted molar refractivity (Wildman–Crippen MR) is 79.4 cm³/mol. The Balaban J connectivity index is 2.01. The molecule has 0 bridgehead atoms. The van der Waals surface area contributed by atoms with Crippen LogP contribution in [0.1, 0.15) is 32.3 Å². The van der Waals surface area contributed by atoms with Crippen molar-refractivity contribution in [1.82, 2.24) is 5.32 Å². The second-order valence-corrected chi connectivity index (χ2v) is 5.71. The SMILES string of the molecule is CCCNCc1ccc(N2CCC(C)C2)c(Cl)c1. The third kappa shape index (κ3) is 3.39. The van der Waals surface area contributed by atoms with E-state index >= 15 is 0 Å². The zero-order valence-electron chi connectivity index (χ0n) is 11.4. The molecule has 2 rings (SSSR count). The Labute approximate surface area is 115 Å². The molecule has 1 atom stereocenters. The normalized spacial score (nSPS) is 19.5. The van der Waals surface area contributed by atoms with Gasteiger partial charge in [0.2, 0.25) is 0 Å². The molecule has 100 valence electrons. The van der Waals surface area contributed by atoms with Crippen molar-refractivity contribution in [3.8, 4) is 0 Å². The molecule has 0 amide bonds. The van der Waals surface area contributed by atoms with E-state index in [0.717, 1.165) is 43.5 Å². The highest BCUT2D eigenvalue weighted by atomic mass is 35.5. The molecule has 1 aromatic carbocycles. The van der Waals surface area contributed by atoms with Gasteiger partial charge in [0.05, 0.1) is 10.7 Å². The minimum absolute atomic E-state index is 0.784. The van der Waals surface area contributed by atoms with Crippen LogP contribution >= 0.6 is 11.6 Å². The fourth-order valence-corrected chi connectivity index (χ4v) is 2.80. The van der Waals surface area contributed by atoms with Crippen molar-refractivity contribution in [2.24, 2.45) is 5.92 Å². The van der Waals surface area contributed by atoms with Crippen LogP contribution in [0.2, 0.25) is 5.02 Å². The molecule has 1 aliphatic heterocycles. The lowest BCUT2D eigenvalue weighted by atomic mass is 10.1. The number of anilines is 1. The van der Waals surface area contributed by atoms with Gasteiger partial charge in [0.15, 0.2) is 0 Å². The first-order valence-electron chi connectivity index (χ1n) is 6.94. The number of hydrogen-bond donors (Lipinski definition) is 1. The maximum atomic E-state index is 6.40. The fraction of sp³-hybridized carbons (Fsp3) is 0.600. The standard InChI is InChI=1S/C15H23ClN2/c1-3-7-17-10-13-4-5-15(14(16)9-13)18-8-6-12(2)11-18/h4-5,9,12,17H,3,6-8,10-11H2,1-2H3. The second kappa shape index (κ2) is 6.44. The summed E-state index contributed by atoms with van der Waals surface area (Å²) in [6.07, 6.45) is 2.44. The van der Waals surface area contributed by atoms with Crippen LogP contribution in [-0.4, -0.2) is 19.6 Å². The Bertz CT molecular complexity index is 392. The van der Waals surface area contributed by atoms with Crippen LogP contribution in [0.15, 0.2) is 18.2 Å². The molecule has 0 aromatic heterocycles. The summed E-state index contributed by atoms with van der Waals surface area (Å²) in [5.74, 6) is 0.784. The van der Waals surface area contributed by atoms with Gasteiger partial charge in [-0.1, -0.05) is 31.5 Å². The quantitative estimate of drug-likeness (QED) is 0.818. The molecule has 1 aliphatic rings. The third-order valence-corrected chi connectivity index (χ3v) is 3.84. The smallest absolute Gasteiger partial charge is 0.0642 e. The highest BCUT2D eigenvalue weighted by molar-refractivity contribution is 6.33. The maximum Gasteiger partial charge on any atom is 0.0642 e. The topological polar surface area (TPSA) is 15.3 Å². The van der Waals surface area contributed by atoms with Gasteiger partial charge in [-0.3, -0.25) is 0 Å². The van der Waals surface area contributed by atoms with Gasteiger partial charge < -0.3 is 10.2 Å². The van der Waals surface area contributed by atoms with Gasteiger partial charge in [-0.05, 0) is 43.0 Å². The lowest BCUT2D eigenvalue weighted by Gasteiger charge is -2.20. The Morgan fingerprint density at radius 1 is 1.44 bits per heavy atom. The largest absolute Gasteiger partial charge is 0.370 e. The molecule has 1 saturated heterocycles. The Kier molecular flexibility index (Phi) is 4.90. The van der Waals surface area contributed by atoms with Crippen LogP contribution in [0.5, 0.6) is 0 Å². The summed E-state index contributed by atoms with van der Waals surface area (Å²) >= 11 is 6.40. The molecule has 0 spiro atoms. The number of nitrogens with zero attached hydrogens (tertiary/aromatic N) is 1. The number of benzene rings is 1. The Hall–Kier alpha value is -0.730. The van der Waals surface area contributed by atoms with Gasteiger partial charge in [0, 0.05) is 19.6 Å². The zero-order valence-corrected chi connectivity index (χ0v) is 12.1. The number of hydrogen-bond acceptors (Lipinski definition) is 2. The van der Waals surface area contributed by atoms with E-state index in [0.29, 0.717) is 0 Å². The number of halogens is 1. The van der Waals surface area contributed by atoms with E-state index in [1.165, 1.54) is 17.7 Å². The van der Waals surface area contributed by atoms with Crippen LogP contribution in [-0.2, 0) is 6.54 Å². The van der Waals surface area contributed by atoms with Gasteiger partial charge in [-0.25, -0.2) is 0 Å². The molecule has 0 aliphatic carbocycles. The van der Waals surface area contributed by atoms with E-state index in [9.17, 15) is 0 Å². The lowest BCUT2D eigenvalue weighted by Crippen LogP contribution is -2.19. The van der Waals surface area contributed by atoms with Crippen LogP contribution in [0, 0.1) is 5.92 Å². The van der Waals surface area contributed by atoms with E-state index in [1.807, 2.05) is 0 Å². The molecule has 0 saturated carbocycles. The van der Waals surface area contributed by atoms with Gasteiger partial charge in [-0.2, -0.15) is 0 Å². The molecule has 1 N–H and O–H groups in total. The molecule has 0 radical (unpaired) electrons. The molecule has 1 fully saturated rings. The first-order chi connectivity index (χ1) is 8.70. The molecular formula is C15H23ClN2. The molecule has 3 heteroatoms. The van der Waals surface area contributed by atoms with Gasteiger partial charge in [-0.15, -0.1) is 0 Å². The van der Waals surface area contributed by atoms with E-state index in [4.69, 9.17) is 11.6 Å². The highest BCUT2D eigenvalue weighted by Crippen LogP contribution is 2.31. The monoisotopic (exact) mass is 266 g/mol. The fourth-order valence-electron chi connectivity index (χ4n) is 2.48. The van der Waals surface area contributed by atoms with Crippen LogP contribution < -0.4 is 10.2 Å². The summed E-state index contributed by atoms with van der Waals surface area (Å²) in [6.45, 7) is 8.71. The van der Waals surface area contributed by atoms with Crippen molar-refractivity contribution >= 4 is 17.3 Å². The Morgan fingerprint density at radius 2 is 2.28 bits per heavy atom. The van der Waals surface area contributed by atoms with E-state index in [1.54, 1.807) is 0 Å². The molecular weight excluding hydrogens is 244 g/mol. The van der Waals surface area contributed by atoms with Crippen molar-refractivity contribution in [2.45, 2.75) is 33.2 Å². The second-order valence-electron chi connectivity index (χ2n) is 5.30. The van der Waals surface area contributed by atoms with Crippen LogP contribution in [0.3, 0.4) is 0 Å². The third-order valence-electron chi connectivity index (χ3n) is 3.53. The summed E-state index contributed by atoms with van der Waals surface area (Å²) in [5.41, 5.74) is 2.46. The number of nitrogens with one attached hydrogen (secondary N) is 1. The average molecular weight is 267 g/mol. The highest BCUT2D eigenvalue weighted by Gasteiger charge is 2.20. The van der Waals surface area contributed by atoms with Crippen molar-refractivity contribution in [2.75, 3.05) is 24.5 Å². The first-order valence-corrected chi connectivity index (χ1v) is 7.32. The van der Waals surface area contributed by atoms with E-state index < -0.39 is 0 Å². The van der Waals surface area contributed by atoms with E-state index in [2.05, 4.69) is 42.3 Å². The average Bonchev–Trinajstić information content (AvgIpc) is 2.76. The van der Waals surface area contributed by atoms with Crippen LogP contribution in [0.25, 0.3) is 0 Å². The molecule has 1 heterocycles. The van der Waals surface area contributed by atoms with Gasteiger partial charge in [0.1, 0.15) is 0 Å². The van der Waals surface area contributed by atoms with Crippen molar-refractivity contribution in [3.63, 3.8) is 0 Å². The molecule has 1 unspecified atom stereocenters. The number of rotatable bonds is 5. The summed E-state index contributed by atoms with van der Waals surface area (Å²) in [7, 11) is 0. The zero-order chi connectivity index (χ0) is 13.0. The van der Waals surface area contributed by atoms with Crippen molar-refractivity contribution < 1.29 is 0 Å². The summed E-state index contributed by atoms with van der Waals surface area (Å²) in [5, 5.41) is 4.29. The first kappa shape index (κ1) is 13.7. The molecule has 1 aromatic rings. The van der Waals surface area contributed by atoms with E-state index in [-0.39, 0.29) is 0 Å².